The van der Waals surface area contributed by atoms with Crippen molar-refractivity contribution in [3.8, 4) is 0 Å². The van der Waals surface area contributed by atoms with Crippen LogP contribution in [-0.4, -0.2) is 35.6 Å². The predicted molar refractivity (Wildman–Crippen MR) is 48.5 cm³/mol. The molecule has 0 bridgehead atoms. The molecule has 80 valence electrons. The largest absolute Gasteiger partial charge is 0.396 e. The van der Waals surface area contributed by atoms with Crippen molar-refractivity contribution in [3.63, 3.8) is 0 Å². The number of methoxy groups -OCH3 is 1. The molecule has 1 rings (SSSR count). The molecule has 0 aliphatic carbocycles. The topological polar surface area (TPSA) is 94.4 Å². The number of rotatable bonds is 6. The quantitative estimate of drug-likeness (QED) is 0.652. The van der Waals surface area contributed by atoms with E-state index >= 15 is 0 Å². The lowest BCUT2D eigenvalue weighted by Crippen LogP contribution is -2.12. The van der Waals surface area contributed by atoms with Gasteiger partial charge in [0.05, 0.1) is 12.6 Å². The molecule has 0 saturated carbocycles. The van der Waals surface area contributed by atoms with Crippen molar-refractivity contribution in [2.24, 2.45) is 5.73 Å². The monoisotopic (exact) mass is 201 g/mol. The van der Waals surface area contributed by atoms with E-state index in [9.17, 15) is 0 Å². The van der Waals surface area contributed by atoms with Crippen LogP contribution in [0.2, 0.25) is 0 Å². The molecule has 1 unspecified atom stereocenters. The second-order valence-corrected chi connectivity index (χ2v) is 2.91. The third-order valence-electron chi connectivity index (χ3n) is 1.77. The van der Waals surface area contributed by atoms with Gasteiger partial charge < -0.3 is 20.1 Å². The zero-order chi connectivity index (χ0) is 10.4. The fourth-order valence-electron chi connectivity index (χ4n) is 0.976. The van der Waals surface area contributed by atoms with Gasteiger partial charge in [-0.2, -0.15) is 4.98 Å². The first-order valence-electron chi connectivity index (χ1n) is 4.45. The van der Waals surface area contributed by atoms with Gasteiger partial charge in [0.1, 0.15) is 0 Å². The van der Waals surface area contributed by atoms with Crippen molar-refractivity contribution in [1.82, 2.24) is 10.1 Å². The third kappa shape index (κ3) is 3.06. The van der Waals surface area contributed by atoms with E-state index in [4.69, 9.17) is 20.1 Å². The van der Waals surface area contributed by atoms with Gasteiger partial charge in [0.15, 0.2) is 5.82 Å². The van der Waals surface area contributed by atoms with Crippen LogP contribution in [-0.2, 0) is 11.2 Å². The van der Waals surface area contributed by atoms with Crippen molar-refractivity contribution in [3.05, 3.63) is 11.7 Å². The summed E-state index contributed by atoms with van der Waals surface area (Å²) in [7, 11) is 1.61. The fourth-order valence-corrected chi connectivity index (χ4v) is 0.976. The summed E-state index contributed by atoms with van der Waals surface area (Å²) in [6, 6.07) is -0.385. The summed E-state index contributed by atoms with van der Waals surface area (Å²) in [5.74, 6) is 0.945. The molecule has 1 heterocycles. The number of aromatic nitrogens is 2. The smallest absolute Gasteiger partial charge is 0.243 e. The van der Waals surface area contributed by atoms with Crippen molar-refractivity contribution in [2.75, 3.05) is 20.3 Å². The lowest BCUT2D eigenvalue weighted by atomic mass is 10.2. The number of aliphatic hydroxyl groups is 1. The van der Waals surface area contributed by atoms with Crippen molar-refractivity contribution in [2.45, 2.75) is 18.9 Å². The Balaban J connectivity index is 2.49. The van der Waals surface area contributed by atoms with Gasteiger partial charge in [-0.05, 0) is 6.42 Å². The minimum Gasteiger partial charge on any atom is -0.396 e. The van der Waals surface area contributed by atoms with Gasteiger partial charge in [0.25, 0.3) is 0 Å². The van der Waals surface area contributed by atoms with Gasteiger partial charge in [0.2, 0.25) is 5.89 Å². The molecule has 0 aliphatic rings. The van der Waals surface area contributed by atoms with Crippen LogP contribution in [0.5, 0.6) is 0 Å². The van der Waals surface area contributed by atoms with E-state index in [0.717, 1.165) is 0 Å². The molecule has 0 radical (unpaired) electrons. The van der Waals surface area contributed by atoms with Gasteiger partial charge in [-0.25, -0.2) is 0 Å². The Morgan fingerprint density at radius 1 is 1.64 bits per heavy atom. The molecule has 6 nitrogen and oxygen atoms in total. The molecular formula is C8H15N3O3. The highest BCUT2D eigenvalue weighted by Crippen LogP contribution is 2.10. The first-order chi connectivity index (χ1) is 6.77. The summed E-state index contributed by atoms with van der Waals surface area (Å²) < 4.78 is 9.79. The van der Waals surface area contributed by atoms with Gasteiger partial charge >= 0.3 is 0 Å². The molecular weight excluding hydrogens is 186 g/mol. The number of nitrogens with zero attached hydrogens (tertiary/aromatic N) is 2. The number of hydrogen-bond acceptors (Lipinski definition) is 6. The molecule has 14 heavy (non-hydrogen) atoms. The molecule has 0 spiro atoms. The summed E-state index contributed by atoms with van der Waals surface area (Å²) in [4.78, 5) is 4.07. The van der Waals surface area contributed by atoms with Gasteiger partial charge in [-0.3, -0.25) is 0 Å². The Morgan fingerprint density at radius 3 is 3.07 bits per heavy atom. The number of aliphatic hydroxyl groups excluding tert-OH is 1. The maximum absolute atomic E-state index is 8.66. The average Bonchev–Trinajstić information content (AvgIpc) is 2.63. The molecule has 0 aliphatic heterocycles. The van der Waals surface area contributed by atoms with E-state index in [2.05, 4.69) is 10.1 Å². The standard InChI is InChI=1S/C8H15N3O3/c1-13-5-3-7-10-8(14-11-7)6(9)2-4-12/h6,12H,2-5,9H2,1H3. The number of nitrogens with two attached hydrogens (primary N) is 1. The van der Waals surface area contributed by atoms with Gasteiger partial charge in [-0.15, -0.1) is 0 Å². The Labute approximate surface area is 82.1 Å². The van der Waals surface area contributed by atoms with Crippen molar-refractivity contribution < 1.29 is 14.4 Å². The predicted octanol–water partition coefficient (Wildman–Crippen LogP) is -0.359. The summed E-state index contributed by atoms with van der Waals surface area (Å²) in [5.41, 5.74) is 5.66. The van der Waals surface area contributed by atoms with Crippen molar-refractivity contribution >= 4 is 0 Å². The second kappa shape index (κ2) is 5.69. The third-order valence-corrected chi connectivity index (χ3v) is 1.77. The highest BCUT2D eigenvalue weighted by Gasteiger charge is 2.13. The zero-order valence-electron chi connectivity index (χ0n) is 8.14. The Hall–Kier alpha value is -0.980. The molecule has 0 aromatic carbocycles. The van der Waals surface area contributed by atoms with E-state index in [1.165, 1.54) is 0 Å². The summed E-state index contributed by atoms with van der Waals surface area (Å²) in [6.45, 7) is 0.561. The molecule has 0 saturated heterocycles. The fraction of sp³-hybridized carbons (Fsp3) is 0.750. The second-order valence-electron chi connectivity index (χ2n) is 2.91. The van der Waals surface area contributed by atoms with Crippen LogP contribution in [0.4, 0.5) is 0 Å². The molecule has 6 heteroatoms. The minimum atomic E-state index is -0.385. The Kier molecular flexibility index (Phi) is 4.51. The molecule has 1 aromatic rings. The molecule has 1 aromatic heterocycles. The maximum atomic E-state index is 8.66. The first-order valence-corrected chi connectivity index (χ1v) is 4.45. The Bertz CT molecular complexity index is 264. The summed E-state index contributed by atoms with van der Waals surface area (Å²) >= 11 is 0. The van der Waals surface area contributed by atoms with E-state index in [-0.39, 0.29) is 12.6 Å². The SMILES string of the molecule is COCCc1noc(C(N)CCO)n1. The van der Waals surface area contributed by atoms with Crippen LogP contribution in [0.15, 0.2) is 4.52 Å². The van der Waals surface area contributed by atoms with E-state index in [1.807, 2.05) is 0 Å². The number of hydrogen-bond donors (Lipinski definition) is 2. The van der Waals surface area contributed by atoms with E-state index in [1.54, 1.807) is 7.11 Å². The van der Waals surface area contributed by atoms with Gasteiger partial charge in [-0.1, -0.05) is 5.16 Å². The Morgan fingerprint density at radius 2 is 2.43 bits per heavy atom. The van der Waals surface area contributed by atoms with Crippen LogP contribution >= 0.6 is 0 Å². The van der Waals surface area contributed by atoms with E-state index in [0.29, 0.717) is 31.2 Å². The van der Waals surface area contributed by atoms with Gasteiger partial charge in [0, 0.05) is 20.1 Å². The molecule has 0 amide bonds. The maximum Gasteiger partial charge on any atom is 0.243 e. The highest BCUT2D eigenvalue weighted by molar-refractivity contribution is 4.91. The van der Waals surface area contributed by atoms with Crippen LogP contribution < -0.4 is 5.73 Å². The van der Waals surface area contributed by atoms with Crippen LogP contribution in [0.1, 0.15) is 24.2 Å². The summed E-state index contributed by atoms with van der Waals surface area (Å²) in [6.07, 6.45) is 1.03. The van der Waals surface area contributed by atoms with Crippen molar-refractivity contribution in [1.29, 1.82) is 0 Å². The summed E-state index contributed by atoms with van der Waals surface area (Å²) in [5, 5.41) is 12.4. The lowest BCUT2D eigenvalue weighted by molar-refractivity contribution is 0.199. The zero-order valence-corrected chi connectivity index (χ0v) is 8.14. The average molecular weight is 201 g/mol. The van der Waals surface area contributed by atoms with Crippen LogP contribution in [0, 0.1) is 0 Å². The lowest BCUT2D eigenvalue weighted by Gasteiger charge is -2.01. The molecule has 3 N–H and O–H groups in total. The van der Waals surface area contributed by atoms with Crippen LogP contribution in [0.3, 0.4) is 0 Å². The van der Waals surface area contributed by atoms with E-state index < -0.39 is 0 Å². The minimum absolute atomic E-state index is 0.0109. The molecule has 0 fully saturated rings. The van der Waals surface area contributed by atoms with Crippen LogP contribution in [0.25, 0.3) is 0 Å². The number of ether oxygens (including phenoxy) is 1. The highest BCUT2D eigenvalue weighted by atomic mass is 16.5. The first kappa shape index (κ1) is 11.1. The molecule has 1 atom stereocenters. The normalized spacial score (nSPS) is 13.1.